The smallest absolute Gasteiger partial charge is 0.227 e. The van der Waals surface area contributed by atoms with Crippen LogP contribution in [-0.4, -0.2) is 28.5 Å². The van der Waals surface area contributed by atoms with Crippen LogP contribution in [0.5, 0.6) is 0 Å². The molecule has 0 spiro atoms. The van der Waals surface area contributed by atoms with Crippen LogP contribution in [0, 0.1) is 11.8 Å². The molecule has 7 heteroatoms. The van der Waals surface area contributed by atoms with Crippen LogP contribution in [0.3, 0.4) is 0 Å². The number of benzene rings is 1. The van der Waals surface area contributed by atoms with E-state index in [0.717, 1.165) is 43.0 Å². The normalized spacial score (nSPS) is 17.1. The van der Waals surface area contributed by atoms with Gasteiger partial charge in [0.1, 0.15) is 5.82 Å². The van der Waals surface area contributed by atoms with Gasteiger partial charge in [-0.15, -0.1) is 24.8 Å². The highest BCUT2D eigenvalue weighted by molar-refractivity contribution is 5.92. The standard InChI is InChI=1S/C19H24N4O.2ClH/c1-13(15-10-20-11-15)19(24)21-16-7-5-14(6-8-16)17-12-23-9-3-2-4-18(23)22-17;;/h5-8,12-13,15,20H,2-4,9-11H2,1H3,(H,21,24);2*1H. The molecule has 1 amide bonds. The Balaban J connectivity index is 0.00000121. The molecule has 0 aliphatic carbocycles. The summed E-state index contributed by atoms with van der Waals surface area (Å²) in [5, 5.41) is 6.24. The molecule has 142 valence electrons. The van der Waals surface area contributed by atoms with Crippen LogP contribution in [0.2, 0.25) is 0 Å². The molecule has 1 aromatic carbocycles. The molecule has 2 aliphatic heterocycles. The summed E-state index contributed by atoms with van der Waals surface area (Å²) in [5.74, 6) is 1.80. The van der Waals surface area contributed by atoms with Crippen molar-refractivity contribution in [3.8, 4) is 11.3 Å². The first-order valence-corrected chi connectivity index (χ1v) is 8.89. The number of imidazole rings is 1. The number of nitrogens with one attached hydrogen (secondary N) is 2. The van der Waals surface area contributed by atoms with Crippen LogP contribution in [-0.2, 0) is 17.8 Å². The molecule has 2 aromatic rings. The topological polar surface area (TPSA) is 59.0 Å². The highest BCUT2D eigenvalue weighted by Gasteiger charge is 2.28. The number of fused-ring (bicyclic) bond motifs is 1. The van der Waals surface area contributed by atoms with Crippen LogP contribution in [0.4, 0.5) is 5.69 Å². The van der Waals surface area contributed by atoms with Crippen LogP contribution in [0.1, 0.15) is 25.6 Å². The minimum Gasteiger partial charge on any atom is -0.334 e. The summed E-state index contributed by atoms with van der Waals surface area (Å²) >= 11 is 0. The molecule has 1 aromatic heterocycles. The van der Waals surface area contributed by atoms with Gasteiger partial charge in [0.25, 0.3) is 0 Å². The number of amides is 1. The Labute approximate surface area is 166 Å². The second kappa shape index (κ2) is 8.89. The van der Waals surface area contributed by atoms with E-state index in [1.54, 1.807) is 0 Å². The summed E-state index contributed by atoms with van der Waals surface area (Å²) < 4.78 is 2.27. The number of hydrogen-bond donors (Lipinski definition) is 2. The molecule has 0 radical (unpaired) electrons. The maximum Gasteiger partial charge on any atom is 0.227 e. The summed E-state index contributed by atoms with van der Waals surface area (Å²) in [6, 6.07) is 8.02. The van der Waals surface area contributed by atoms with E-state index in [0.29, 0.717) is 5.92 Å². The Bertz CT molecular complexity index is 717. The monoisotopic (exact) mass is 396 g/mol. The van der Waals surface area contributed by atoms with E-state index < -0.39 is 0 Å². The number of carbonyl (C=O) groups is 1. The van der Waals surface area contributed by atoms with E-state index in [2.05, 4.69) is 21.4 Å². The zero-order valence-corrected chi connectivity index (χ0v) is 16.5. The maximum absolute atomic E-state index is 12.3. The molecule has 2 aliphatic rings. The molecule has 5 nitrogen and oxygen atoms in total. The lowest BCUT2D eigenvalue weighted by molar-refractivity contribution is -0.121. The molecule has 2 N–H and O–H groups in total. The number of aryl methyl sites for hydroxylation is 2. The quantitative estimate of drug-likeness (QED) is 0.830. The Morgan fingerprint density at radius 2 is 1.96 bits per heavy atom. The molecule has 26 heavy (non-hydrogen) atoms. The molecule has 0 bridgehead atoms. The highest BCUT2D eigenvalue weighted by atomic mass is 35.5. The zero-order chi connectivity index (χ0) is 16.5. The summed E-state index contributed by atoms with van der Waals surface area (Å²) in [5.41, 5.74) is 2.98. The van der Waals surface area contributed by atoms with Gasteiger partial charge in [-0.3, -0.25) is 4.79 Å². The largest absolute Gasteiger partial charge is 0.334 e. The van der Waals surface area contributed by atoms with E-state index in [-0.39, 0.29) is 36.6 Å². The number of anilines is 1. The van der Waals surface area contributed by atoms with Gasteiger partial charge in [-0.2, -0.15) is 0 Å². The lowest BCUT2D eigenvalue weighted by Gasteiger charge is -2.31. The third kappa shape index (κ3) is 4.22. The molecular weight excluding hydrogens is 371 g/mol. The van der Waals surface area contributed by atoms with Crippen LogP contribution in [0.15, 0.2) is 30.5 Å². The maximum atomic E-state index is 12.3. The van der Waals surface area contributed by atoms with Gasteiger partial charge in [0.15, 0.2) is 0 Å². The SMILES string of the molecule is CC(C(=O)Nc1ccc(-c2cn3c(n2)CCCC3)cc1)C1CNC1.Cl.Cl. The van der Waals surface area contributed by atoms with Crippen molar-refractivity contribution in [2.75, 3.05) is 18.4 Å². The zero-order valence-electron chi connectivity index (χ0n) is 14.9. The van der Waals surface area contributed by atoms with Gasteiger partial charge in [0.2, 0.25) is 5.91 Å². The third-order valence-corrected chi connectivity index (χ3v) is 5.29. The van der Waals surface area contributed by atoms with Crippen LogP contribution in [0.25, 0.3) is 11.3 Å². The van der Waals surface area contributed by atoms with Crippen molar-refractivity contribution in [1.29, 1.82) is 0 Å². The second-order valence-corrected chi connectivity index (χ2v) is 6.97. The predicted octanol–water partition coefficient (Wildman–Crippen LogP) is 3.52. The summed E-state index contributed by atoms with van der Waals surface area (Å²) in [6.07, 6.45) is 5.69. The molecule has 1 saturated heterocycles. The molecule has 0 saturated carbocycles. The Morgan fingerprint density at radius 1 is 1.23 bits per heavy atom. The molecule has 1 unspecified atom stereocenters. The molecular formula is C19H26Cl2N4O. The predicted molar refractivity (Wildman–Crippen MR) is 109 cm³/mol. The molecule has 1 fully saturated rings. The van der Waals surface area contributed by atoms with Crippen molar-refractivity contribution in [1.82, 2.24) is 14.9 Å². The number of hydrogen-bond acceptors (Lipinski definition) is 3. The number of halogens is 2. The van der Waals surface area contributed by atoms with E-state index in [1.165, 1.54) is 18.7 Å². The summed E-state index contributed by atoms with van der Waals surface area (Å²) in [7, 11) is 0. The number of aromatic nitrogens is 2. The summed E-state index contributed by atoms with van der Waals surface area (Å²) in [4.78, 5) is 17.0. The average Bonchev–Trinajstić information content (AvgIpc) is 2.98. The van der Waals surface area contributed by atoms with Gasteiger partial charge in [-0.25, -0.2) is 4.98 Å². The summed E-state index contributed by atoms with van der Waals surface area (Å²) in [6.45, 7) is 4.96. The van der Waals surface area contributed by atoms with Crippen molar-refractivity contribution in [3.63, 3.8) is 0 Å². The minimum atomic E-state index is 0. The minimum absolute atomic E-state index is 0. The fraction of sp³-hybridized carbons (Fsp3) is 0.474. The van der Waals surface area contributed by atoms with Crippen molar-refractivity contribution in [3.05, 3.63) is 36.3 Å². The molecule has 1 atom stereocenters. The Hall–Kier alpha value is -1.56. The fourth-order valence-electron chi connectivity index (χ4n) is 3.41. The highest BCUT2D eigenvalue weighted by Crippen LogP contribution is 2.24. The molecule has 4 rings (SSSR count). The fourth-order valence-corrected chi connectivity index (χ4v) is 3.41. The lowest BCUT2D eigenvalue weighted by Crippen LogP contribution is -2.48. The first kappa shape index (κ1) is 20.7. The van der Waals surface area contributed by atoms with Gasteiger partial charge >= 0.3 is 0 Å². The molecule has 3 heterocycles. The van der Waals surface area contributed by atoms with Crippen molar-refractivity contribution >= 4 is 36.4 Å². The van der Waals surface area contributed by atoms with Crippen LogP contribution < -0.4 is 10.6 Å². The Kier molecular flexibility index (Phi) is 7.09. The second-order valence-electron chi connectivity index (χ2n) is 6.97. The number of carbonyl (C=O) groups excluding carboxylic acids is 1. The van der Waals surface area contributed by atoms with Gasteiger partial charge < -0.3 is 15.2 Å². The first-order chi connectivity index (χ1) is 11.7. The van der Waals surface area contributed by atoms with Crippen molar-refractivity contribution in [2.45, 2.75) is 32.7 Å². The van der Waals surface area contributed by atoms with Gasteiger partial charge in [-0.05, 0) is 44.0 Å². The van der Waals surface area contributed by atoms with Crippen molar-refractivity contribution < 1.29 is 4.79 Å². The lowest BCUT2D eigenvalue weighted by atomic mass is 9.88. The average molecular weight is 397 g/mol. The van der Waals surface area contributed by atoms with E-state index in [4.69, 9.17) is 4.98 Å². The van der Waals surface area contributed by atoms with Crippen molar-refractivity contribution in [2.24, 2.45) is 11.8 Å². The van der Waals surface area contributed by atoms with Gasteiger partial charge in [-0.1, -0.05) is 19.1 Å². The van der Waals surface area contributed by atoms with Gasteiger partial charge in [0.05, 0.1) is 5.69 Å². The van der Waals surface area contributed by atoms with E-state index in [1.807, 2.05) is 31.2 Å². The van der Waals surface area contributed by atoms with E-state index in [9.17, 15) is 4.79 Å². The number of rotatable bonds is 4. The van der Waals surface area contributed by atoms with Crippen LogP contribution >= 0.6 is 24.8 Å². The van der Waals surface area contributed by atoms with Gasteiger partial charge in [0, 0.05) is 36.3 Å². The third-order valence-electron chi connectivity index (χ3n) is 5.29. The first-order valence-electron chi connectivity index (χ1n) is 8.89. The Morgan fingerprint density at radius 3 is 2.58 bits per heavy atom. The number of nitrogens with zero attached hydrogens (tertiary/aromatic N) is 2. The van der Waals surface area contributed by atoms with E-state index >= 15 is 0 Å².